The van der Waals surface area contributed by atoms with Crippen LogP contribution in [0.1, 0.15) is 25.3 Å². The first-order valence-corrected chi connectivity index (χ1v) is 6.92. The van der Waals surface area contributed by atoms with Gasteiger partial charge in [0, 0.05) is 19.1 Å². The van der Waals surface area contributed by atoms with Crippen molar-refractivity contribution in [2.75, 3.05) is 13.1 Å². The number of likely N-dealkylation sites (tertiary alicyclic amines) is 1. The average molecular weight is 258 g/mol. The zero-order chi connectivity index (χ0) is 13.7. The maximum absolute atomic E-state index is 11.3. The van der Waals surface area contributed by atoms with E-state index in [1.54, 1.807) is 0 Å². The van der Waals surface area contributed by atoms with Crippen LogP contribution >= 0.6 is 0 Å². The van der Waals surface area contributed by atoms with Crippen molar-refractivity contribution in [3.8, 4) is 0 Å². The van der Waals surface area contributed by atoms with Crippen molar-refractivity contribution in [1.29, 1.82) is 0 Å². The number of piperidine rings is 1. The third-order valence-corrected chi connectivity index (χ3v) is 3.86. The molecule has 1 heterocycles. The number of carbonyl (C=O) groups excluding carboxylic acids is 1. The van der Waals surface area contributed by atoms with Crippen LogP contribution in [0.4, 0.5) is 0 Å². The standard InChI is InChI=1S/C16H22N2O/c1-13-9-10-15(16(17)19)12-18(13)11-5-8-14-6-3-2-4-7-14/h2-8,13,15H,9-12H2,1H3,(H2,17,19)/b8-5-/t13-,15-/m1/s1. The maximum Gasteiger partial charge on any atom is 0.221 e. The van der Waals surface area contributed by atoms with Gasteiger partial charge in [0.05, 0.1) is 5.92 Å². The van der Waals surface area contributed by atoms with Gasteiger partial charge in [-0.1, -0.05) is 42.5 Å². The van der Waals surface area contributed by atoms with Gasteiger partial charge in [-0.2, -0.15) is 0 Å². The van der Waals surface area contributed by atoms with Crippen molar-refractivity contribution in [3.05, 3.63) is 42.0 Å². The number of carbonyl (C=O) groups is 1. The quantitative estimate of drug-likeness (QED) is 0.900. The number of amides is 1. The van der Waals surface area contributed by atoms with Crippen molar-refractivity contribution >= 4 is 12.0 Å². The SMILES string of the molecule is C[C@@H]1CC[C@@H](C(N)=O)CN1C/C=C\c1ccccc1. The zero-order valence-corrected chi connectivity index (χ0v) is 11.5. The number of primary amides is 1. The van der Waals surface area contributed by atoms with Crippen LogP contribution in [0.2, 0.25) is 0 Å². The molecule has 0 bridgehead atoms. The van der Waals surface area contributed by atoms with Crippen LogP contribution in [-0.4, -0.2) is 29.9 Å². The Labute approximate surface area is 115 Å². The smallest absolute Gasteiger partial charge is 0.221 e. The molecule has 0 saturated carbocycles. The van der Waals surface area contributed by atoms with Gasteiger partial charge in [0.15, 0.2) is 0 Å². The highest BCUT2D eigenvalue weighted by Crippen LogP contribution is 2.21. The average Bonchev–Trinajstić information content (AvgIpc) is 2.42. The van der Waals surface area contributed by atoms with Crippen molar-refractivity contribution in [3.63, 3.8) is 0 Å². The van der Waals surface area contributed by atoms with Crippen LogP contribution in [0.3, 0.4) is 0 Å². The van der Waals surface area contributed by atoms with Crippen LogP contribution in [-0.2, 0) is 4.79 Å². The number of hydrogen-bond donors (Lipinski definition) is 1. The first kappa shape index (κ1) is 13.8. The molecule has 19 heavy (non-hydrogen) atoms. The molecule has 1 fully saturated rings. The molecule has 1 aromatic carbocycles. The summed E-state index contributed by atoms with van der Waals surface area (Å²) in [6.45, 7) is 3.88. The predicted octanol–water partition coefficient (Wildman–Crippen LogP) is 2.29. The minimum absolute atomic E-state index is 0.0151. The lowest BCUT2D eigenvalue weighted by atomic mass is 9.93. The van der Waals surface area contributed by atoms with Crippen LogP contribution in [0.5, 0.6) is 0 Å². The van der Waals surface area contributed by atoms with Crippen molar-refractivity contribution in [1.82, 2.24) is 4.90 Å². The summed E-state index contributed by atoms with van der Waals surface area (Å²) < 4.78 is 0. The molecule has 1 aliphatic heterocycles. The molecule has 3 heteroatoms. The molecule has 2 N–H and O–H groups in total. The molecule has 0 aromatic heterocycles. The van der Waals surface area contributed by atoms with Gasteiger partial charge >= 0.3 is 0 Å². The summed E-state index contributed by atoms with van der Waals surface area (Å²) in [4.78, 5) is 13.6. The van der Waals surface area contributed by atoms with Crippen LogP contribution in [0, 0.1) is 5.92 Å². The molecule has 1 amide bonds. The van der Waals surface area contributed by atoms with E-state index in [0.29, 0.717) is 6.04 Å². The number of benzene rings is 1. The Kier molecular flexibility index (Phi) is 4.74. The van der Waals surface area contributed by atoms with Gasteiger partial charge in [0.25, 0.3) is 0 Å². The fourth-order valence-corrected chi connectivity index (χ4v) is 2.55. The molecule has 2 atom stereocenters. The highest BCUT2D eigenvalue weighted by molar-refractivity contribution is 5.77. The largest absolute Gasteiger partial charge is 0.369 e. The molecule has 0 radical (unpaired) electrons. The summed E-state index contributed by atoms with van der Waals surface area (Å²) >= 11 is 0. The normalized spacial score (nSPS) is 24.7. The fourth-order valence-electron chi connectivity index (χ4n) is 2.55. The van der Waals surface area contributed by atoms with Gasteiger partial charge in [-0.3, -0.25) is 9.69 Å². The summed E-state index contributed by atoms with van der Waals surface area (Å²) in [5.74, 6) is -0.148. The Morgan fingerprint density at radius 3 is 2.79 bits per heavy atom. The lowest BCUT2D eigenvalue weighted by Crippen LogP contribution is -2.45. The minimum atomic E-state index is -0.163. The topological polar surface area (TPSA) is 46.3 Å². The molecule has 2 rings (SSSR count). The number of rotatable bonds is 4. The first-order chi connectivity index (χ1) is 9.16. The van der Waals surface area contributed by atoms with E-state index >= 15 is 0 Å². The summed E-state index contributed by atoms with van der Waals surface area (Å²) in [6, 6.07) is 10.8. The Balaban J connectivity index is 1.90. The highest BCUT2D eigenvalue weighted by Gasteiger charge is 2.27. The Hall–Kier alpha value is -1.61. The van der Waals surface area contributed by atoms with E-state index in [9.17, 15) is 4.79 Å². The van der Waals surface area contributed by atoms with E-state index in [1.807, 2.05) is 18.2 Å². The van der Waals surface area contributed by atoms with Gasteiger partial charge in [0.1, 0.15) is 0 Å². The second kappa shape index (κ2) is 6.53. The third kappa shape index (κ3) is 3.93. The van der Waals surface area contributed by atoms with E-state index in [4.69, 9.17) is 5.73 Å². The lowest BCUT2D eigenvalue weighted by Gasteiger charge is -2.36. The number of nitrogens with two attached hydrogens (primary N) is 1. The molecule has 1 aromatic rings. The number of nitrogens with zero attached hydrogens (tertiary/aromatic N) is 1. The van der Waals surface area contributed by atoms with Crippen molar-refractivity contribution in [2.24, 2.45) is 11.7 Å². The summed E-state index contributed by atoms with van der Waals surface area (Å²) in [5.41, 5.74) is 6.62. The highest BCUT2D eigenvalue weighted by atomic mass is 16.1. The molecular formula is C16H22N2O. The van der Waals surface area contributed by atoms with Gasteiger partial charge < -0.3 is 5.73 Å². The molecule has 1 saturated heterocycles. The zero-order valence-electron chi connectivity index (χ0n) is 11.5. The molecule has 102 valence electrons. The van der Waals surface area contributed by atoms with Crippen molar-refractivity contribution in [2.45, 2.75) is 25.8 Å². The Morgan fingerprint density at radius 2 is 2.11 bits per heavy atom. The number of hydrogen-bond acceptors (Lipinski definition) is 2. The molecule has 3 nitrogen and oxygen atoms in total. The first-order valence-electron chi connectivity index (χ1n) is 6.92. The third-order valence-electron chi connectivity index (χ3n) is 3.86. The second-order valence-corrected chi connectivity index (χ2v) is 5.29. The minimum Gasteiger partial charge on any atom is -0.369 e. The molecule has 0 unspecified atom stereocenters. The van der Waals surface area contributed by atoms with Crippen LogP contribution in [0.15, 0.2) is 36.4 Å². The van der Waals surface area contributed by atoms with E-state index in [0.717, 1.165) is 25.9 Å². The van der Waals surface area contributed by atoms with Gasteiger partial charge in [0.2, 0.25) is 5.91 Å². The van der Waals surface area contributed by atoms with Gasteiger partial charge in [-0.05, 0) is 25.3 Å². The summed E-state index contributed by atoms with van der Waals surface area (Å²) in [6.07, 6.45) is 6.26. The Morgan fingerprint density at radius 1 is 1.37 bits per heavy atom. The van der Waals surface area contributed by atoms with E-state index in [-0.39, 0.29) is 11.8 Å². The second-order valence-electron chi connectivity index (χ2n) is 5.29. The predicted molar refractivity (Wildman–Crippen MR) is 78.4 cm³/mol. The van der Waals surface area contributed by atoms with E-state index in [1.165, 1.54) is 5.56 Å². The van der Waals surface area contributed by atoms with E-state index < -0.39 is 0 Å². The molecule has 1 aliphatic rings. The van der Waals surface area contributed by atoms with Crippen molar-refractivity contribution < 1.29 is 4.79 Å². The van der Waals surface area contributed by atoms with Gasteiger partial charge in [-0.15, -0.1) is 0 Å². The lowest BCUT2D eigenvalue weighted by molar-refractivity contribution is -0.123. The maximum atomic E-state index is 11.3. The molecule has 0 spiro atoms. The molecule has 0 aliphatic carbocycles. The van der Waals surface area contributed by atoms with Gasteiger partial charge in [-0.25, -0.2) is 0 Å². The van der Waals surface area contributed by atoms with Crippen LogP contribution < -0.4 is 5.73 Å². The monoisotopic (exact) mass is 258 g/mol. The van der Waals surface area contributed by atoms with Crippen LogP contribution in [0.25, 0.3) is 6.08 Å². The van der Waals surface area contributed by atoms with E-state index in [2.05, 4.69) is 36.1 Å². The summed E-state index contributed by atoms with van der Waals surface area (Å²) in [5, 5.41) is 0. The Bertz CT molecular complexity index is 441. The fraction of sp³-hybridized carbons (Fsp3) is 0.438. The molecular weight excluding hydrogens is 236 g/mol. The summed E-state index contributed by atoms with van der Waals surface area (Å²) in [7, 11) is 0.